The molecule has 5 rings (SSSR count). The first-order valence-electron chi connectivity index (χ1n) is 9.66. The SMILES string of the molecule is CCc1nn2c(nnc3c(=O)n(CCc4cnc[nH]4)ccc32)c1-c1ccc(Cl)cc1. The summed E-state index contributed by atoms with van der Waals surface area (Å²) in [6.07, 6.45) is 6.55. The number of benzene rings is 1. The maximum atomic E-state index is 13.0. The fourth-order valence-electron chi connectivity index (χ4n) is 3.63. The lowest BCUT2D eigenvalue weighted by molar-refractivity contribution is 0.664. The molecule has 0 fully saturated rings. The second kappa shape index (κ2) is 7.38. The topological polar surface area (TPSA) is 93.8 Å². The van der Waals surface area contributed by atoms with Gasteiger partial charge < -0.3 is 9.55 Å². The van der Waals surface area contributed by atoms with Crippen LogP contribution in [0.15, 0.2) is 53.8 Å². The largest absolute Gasteiger partial charge is 0.348 e. The van der Waals surface area contributed by atoms with Gasteiger partial charge in [0.15, 0.2) is 11.2 Å². The smallest absolute Gasteiger partial charge is 0.280 e. The molecule has 4 heterocycles. The number of aromatic nitrogens is 7. The number of nitrogens with one attached hydrogen (secondary N) is 1. The van der Waals surface area contributed by atoms with Crippen molar-refractivity contribution in [3.05, 3.63) is 75.8 Å². The van der Waals surface area contributed by atoms with E-state index < -0.39 is 0 Å². The van der Waals surface area contributed by atoms with Crippen LogP contribution < -0.4 is 5.56 Å². The van der Waals surface area contributed by atoms with E-state index in [0.717, 1.165) is 28.9 Å². The Morgan fingerprint density at radius 3 is 2.70 bits per heavy atom. The van der Waals surface area contributed by atoms with Crippen molar-refractivity contribution in [2.24, 2.45) is 0 Å². The first-order valence-corrected chi connectivity index (χ1v) is 10.0. The van der Waals surface area contributed by atoms with E-state index in [1.54, 1.807) is 27.8 Å². The zero-order valence-electron chi connectivity index (χ0n) is 16.2. The van der Waals surface area contributed by atoms with Gasteiger partial charge in [-0.3, -0.25) is 4.79 Å². The molecule has 0 saturated heterocycles. The normalized spacial score (nSPS) is 11.5. The lowest BCUT2D eigenvalue weighted by atomic mass is 10.0. The third-order valence-corrected chi connectivity index (χ3v) is 5.42. The highest BCUT2D eigenvalue weighted by molar-refractivity contribution is 6.30. The predicted molar refractivity (Wildman–Crippen MR) is 115 cm³/mol. The van der Waals surface area contributed by atoms with E-state index >= 15 is 0 Å². The van der Waals surface area contributed by atoms with Crippen molar-refractivity contribution in [3.8, 4) is 11.1 Å². The van der Waals surface area contributed by atoms with Crippen molar-refractivity contribution in [2.45, 2.75) is 26.3 Å². The molecule has 30 heavy (non-hydrogen) atoms. The Morgan fingerprint density at radius 2 is 1.97 bits per heavy atom. The number of rotatable bonds is 5. The van der Waals surface area contributed by atoms with Gasteiger partial charge in [0, 0.05) is 36.1 Å². The second-order valence-corrected chi connectivity index (χ2v) is 7.43. The Morgan fingerprint density at radius 1 is 1.13 bits per heavy atom. The third kappa shape index (κ3) is 3.05. The highest BCUT2D eigenvalue weighted by Crippen LogP contribution is 2.29. The zero-order valence-corrected chi connectivity index (χ0v) is 17.0. The minimum Gasteiger partial charge on any atom is -0.348 e. The summed E-state index contributed by atoms with van der Waals surface area (Å²) in [5, 5.41) is 14.1. The van der Waals surface area contributed by atoms with Gasteiger partial charge in [-0.1, -0.05) is 30.7 Å². The van der Waals surface area contributed by atoms with Crippen molar-refractivity contribution in [1.82, 2.24) is 34.3 Å². The fourth-order valence-corrected chi connectivity index (χ4v) is 3.75. The molecule has 0 bridgehead atoms. The molecule has 0 aliphatic carbocycles. The summed E-state index contributed by atoms with van der Waals surface area (Å²) in [5.74, 6) is 0. The van der Waals surface area contributed by atoms with E-state index in [1.807, 2.05) is 37.3 Å². The van der Waals surface area contributed by atoms with Gasteiger partial charge >= 0.3 is 0 Å². The number of nitrogens with zero attached hydrogens (tertiary/aromatic N) is 6. The Bertz CT molecular complexity index is 1400. The molecule has 0 unspecified atom stereocenters. The molecule has 0 aliphatic heterocycles. The van der Waals surface area contributed by atoms with E-state index in [4.69, 9.17) is 16.7 Å². The molecule has 0 atom stereocenters. The molecule has 1 aromatic carbocycles. The number of H-pyrrole nitrogens is 1. The summed E-state index contributed by atoms with van der Waals surface area (Å²) in [4.78, 5) is 20.0. The van der Waals surface area contributed by atoms with Crippen LogP contribution in [0.1, 0.15) is 18.3 Å². The van der Waals surface area contributed by atoms with Gasteiger partial charge in [-0.25, -0.2) is 9.50 Å². The molecule has 0 spiro atoms. The summed E-state index contributed by atoms with van der Waals surface area (Å²) < 4.78 is 3.35. The molecule has 5 aromatic rings. The average molecular weight is 420 g/mol. The molecule has 150 valence electrons. The molecule has 0 amide bonds. The number of aryl methyl sites for hydroxylation is 3. The summed E-state index contributed by atoms with van der Waals surface area (Å²) >= 11 is 6.04. The number of pyridine rings is 1. The van der Waals surface area contributed by atoms with Crippen molar-refractivity contribution in [3.63, 3.8) is 0 Å². The summed E-state index contributed by atoms with van der Waals surface area (Å²) in [6.45, 7) is 2.56. The van der Waals surface area contributed by atoms with Gasteiger partial charge in [-0.2, -0.15) is 5.10 Å². The number of halogens is 1. The Balaban J connectivity index is 1.64. The first kappa shape index (κ1) is 18.5. The number of aromatic amines is 1. The van der Waals surface area contributed by atoms with Crippen molar-refractivity contribution < 1.29 is 0 Å². The van der Waals surface area contributed by atoms with Gasteiger partial charge in [0.1, 0.15) is 5.52 Å². The lowest BCUT2D eigenvalue weighted by Crippen LogP contribution is -2.22. The molecular formula is C21H18ClN7O. The van der Waals surface area contributed by atoms with E-state index in [0.29, 0.717) is 34.7 Å². The molecule has 0 saturated carbocycles. The monoisotopic (exact) mass is 419 g/mol. The van der Waals surface area contributed by atoms with E-state index in [-0.39, 0.29) is 5.56 Å². The molecule has 0 radical (unpaired) electrons. The maximum Gasteiger partial charge on any atom is 0.280 e. The lowest BCUT2D eigenvalue weighted by Gasteiger charge is -2.07. The van der Waals surface area contributed by atoms with Crippen LogP contribution in [0, 0.1) is 0 Å². The zero-order chi connectivity index (χ0) is 20.7. The molecule has 9 heteroatoms. The van der Waals surface area contributed by atoms with E-state index in [2.05, 4.69) is 20.2 Å². The molecule has 8 nitrogen and oxygen atoms in total. The molecule has 4 aromatic heterocycles. The Labute approximate surface area is 176 Å². The number of imidazole rings is 1. The van der Waals surface area contributed by atoms with Crippen LogP contribution in [0.2, 0.25) is 5.02 Å². The van der Waals surface area contributed by atoms with Gasteiger partial charge in [0.25, 0.3) is 5.56 Å². The average Bonchev–Trinajstić information content (AvgIpc) is 3.41. The third-order valence-electron chi connectivity index (χ3n) is 5.17. The number of hydrogen-bond acceptors (Lipinski definition) is 5. The van der Waals surface area contributed by atoms with Gasteiger partial charge in [-0.05, 0) is 30.2 Å². The Hall–Kier alpha value is -3.52. The van der Waals surface area contributed by atoms with Crippen LogP contribution in [-0.4, -0.2) is 34.3 Å². The summed E-state index contributed by atoms with van der Waals surface area (Å²) in [5.41, 5.74) is 5.09. The van der Waals surface area contributed by atoms with Crippen molar-refractivity contribution in [1.29, 1.82) is 0 Å². The van der Waals surface area contributed by atoms with E-state index in [1.165, 1.54) is 0 Å². The highest BCUT2D eigenvalue weighted by atomic mass is 35.5. The molecule has 0 aliphatic rings. The van der Waals surface area contributed by atoms with Crippen LogP contribution >= 0.6 is 11.6 Å². The predicted octanol–water partition coefficient (Wildman–Crippen LogP) is 3.29. The number of hydrogen-bond donors (Lipinski definition) is 1. The van der Waals surface area contributed by atoms with Gasteiger partial charge in [0.05, 0.1) is 17.6 Å². The molecular weight excluding hydrogens is 402 g/mol. The summed E-state index contributed by atoms with van der Waals surface area (Å²) in [6, 6.07) is 9.43. The highest BCUT2D eigenvalue weighted by Gasteiger charge is 2.18. The van der Waals surface area contributed by atoms with Crippen LogP contribution in [0.5, 0.6) is 0 Å². The maximum absolute atomic E-state index is 13.0. The second-order valence-electron chi connectivity index (χ2n) is 6.99. The van der Waals surface area contributed by atoms with Crippen molar-refractivity contribution in [2.75, 3.05) is 0 Å². The minimum absolute atomic E-state index is 0.192. The fraction of sp³-hybridized carbons (Fsp3) is 0.190. The van der Waals surface area contributed by atoms with Crippen LogP contribution in [0.25, 0.3) is 27.8 Å². The van der Waals surface area contributed by atoms with Crippen LogP contribution in [0.4, 0.5) is 0 Å². The van der Waals surface area contributed by atoms with E-state index in [9.17, 15) is 4.79 Å². The first-order chi connectivity index (χ1) is 14.7. The van der Waals surface area contributed by atoms with Gasteiger partial charge in [-0.15, -0.1) is 10.2 Å². The van der Waals surface area contributed by atoms with Gasteiger partial charge in [0.2, 0.25) is 0 Å². The summed E-state index contributed by atoms with van der Waals surface area (Å²) in [7, 11) is 0. The standard InChI is InChI=1S/C21H18ClN7O/c1-2-16-18(13-3-5-14(22)6-4-13)20-26-25-19-17(29(20)27-16)8-10-28(21(19)30)9-7-15-11-23-12-24-15/h3-6,8,10-12H,2,7,9H2,1H3,(H,23,24). The Kier molecular flexibility index (Phi) is 4.55. The van der Waals surface area contributed by atoms with Crippen LogP contribution in [-0.2, 0) is 19.4 Å². The minimum atomic E-state index is -0.192. The number of fused-ring (bicyclic) bond motifs is 3. The van der Waals surface area contributed by atoms with Crippen LogP contribution in [0.3, 0.4) is 0 Å². The molecule has 1 N–H and O–H groups in total. The van der Waals surface area contributed by atoms with Crippen molar-refractivity contribution >= 4 is 28.3 Å². The quantitative estimate of drug-likeness (QED) is 0.471.